The maximum absolute atomic E-state index is 10.2. The fraction of sp³-hybridized carbons (Fsp3) is 0.800. The zero-order valence-electron chi connectivity index (χ0n) is 7.07. The molecule has 0 saturated heterocycles. The summed E-state index contributed by atoms with van der Waals surface area (Å²) in [7, 11) is -3.67. The lowest BCUT2D eigenvalue weighted by Gasteiger charge is -1.91. The van der Waals surface area contributed by atoms with Gasteiger partial charge in [0.25, 0.3) is 10.1 Å². The number of amides is 1. The summed E-state index contributed by atoms with van der Waals surface area (Å²) in [6.45, 7) is 1.93. The van der Waals surface area contributed by atoms with E-state index in [4.69, 9.17) is 10.4 Å². The summed E-state index contributed by atoms with van der Waals surface area (Å²) in [5, 5.41) is 0. The fourth-order valence-electron chi connectivity index (χ4n) is 0.299. The van der Waals surface area contributed by atoms with E-state index in [2.05, 4.69) is 0 Å². The predicted molar refractivity (Wildman–Crippen MR) is 44.7 cm³/mol. The van der Waals surface area contributed by atoms with Crippen molar-refractivity contribution in [3.05, 3.63) is 0 Å². The van der Waals surface area contributed by atoms with Crippen LogP contribution in [0.4, 0.5) is 0 Å². The van der Waals surface area contributed by atoms with Crippen molar-refractivity contribution in [3.63, 3.8) is 0 Å². The summed E-state index contributed by atoms with van der Waals surface area (Å²) < 4.78 is 25.9. The van der Waals surface area contributed by atoms with Gasteiger partial charge in [-0.1, -0.05) is 6.92 Å². The molecule has 7 heteroatoms. The first kappa shape index (κ1) is 13.9. The lowest BCUT2D eigenvalue weighted by atomic mass is 10.3. The molecule has 0 saturated carbocycles. The highest BCUT2D eigenvalue weighted by atomic mass is 32.2. The van der Waals surface area contributed by atoms with Crippen molar-refractivity contribution in [2.24, 2.45) is 5.84 Å². The minimum absolute atomic E-state index is 0.0949. The zero-order chi connectivity index (χ0) is 10.2. The van der Waals surface area contributed by atoms with Gasteiger partial charge in [-0.05, 0) is 6.42 Å². The molecule has 0 radical (unpaired) electrons. The van der Waals surface area contributed by atoms with Crippen LogP contribution in [-0.2, 0) is 14.9 Å². The maximum atomic E-state index is 10.2. The van der Waals surface area contributed by atoms with E-state index in [0.29, 0.717) is 12.7 Å². The molecule has 0 aliphatic rings. The molecule has 1 amide bonds. The minimum atomic E-state index is -3.67. The van der Waals surface area contributed by atoms with Crippen LogP contribution in [0.25, 0.3) is 0 Å². The molecule has 4 N–H and O–H groups in total. The molecule has 0 aliphatic heterocycles. The zero-order valence-corrected chi connectivity index (χ0v) is 7.89. The fourth-order valence-corrected chi connectivity index (χ4v) is 0.299. The highest BCUT2D eigenvalue weighted by Gasteiger charge is 1.90. The van der Waals surface area contributed by atoms with E-state index >= 15 is 0 Å². The van der Waals surface area contributed by atoms with E-state index in [-0.39, 0.29) is 5.91 Å². The molecule has 0 bridgehead atoms. The second-order valence-electron chi connectivity index (χ2n) is 2.05. The van der Waals surface area contributed by atoms with Crippen LogP contribution in [0.3, 0.4) is 0 Å². The molecule has 0 aromatic carbocycles. The third-order valence-electron chi connectivity index (χ3n) is 0.638. The topological polar surface area (TPSA) is 109 Å². The van der Waals surface area contributed by atoms with Gasteiger partial charge in [-0.2, -0.15) is 8.42 Å². The third kappa shape index (κ3) is 34.5. The van der Waals surface area contributed by atoms with E-state index in [0.717, 1.165) is 6.42 Å². The number of hydrogen-bond acceptors (Lipinski definition) is 4. The molecule has 0 spiro atoms. The molecule has 0 unspecified atom stereocenters. The first-order chi connectivity index (χ1) is 5.31. The molecule has 6 nitrogen and oxygen atoms in total. The number of hydrogen-bond donors (Lipinski definition) is 3. The Labute approximate surface area is 71.9 Å². The van der Waals surface area contributed by atoms with Crippen LogP contribution in [0.15, 0.2) is 0 Å². The van der Waals surface area contributed by atoms with Gasteiger partial charge < -0.3 is 0 Å². The van der Waals surface area contributed by atoms with Crippen LogP contribution < -0.4 is 11.3 Å². The van der Waals surface area contributed by atoms with Gasteiger partial charge in [-0.3, -0.25) is 14.8 Å². The second kappa shape index (κ2) is 7.01. The molecule has 0 aliphatic carbocycles. The lowest BCUT2D eigenvalue weighted by Crippen LogP contribution is -2.29. The summed E-state index contributed by atoms with van der Waals surface area (Å²) in [5.41, 5.74) is 2.03. The molecule has 0 atom stereocenters. The Morgan fingerprint density at radius 1 is 1.58 bits per heavy atom. The minimum Gasteiger partial charge on any atom is -0.294 e. The van der Waals surface area contributed by atoms with Crippen molar-refractivity contribution in [1.29, 1.82) is 0 Å². The Bertz CT molecular complexity index is 203. The van der Waals surface area contributed by atoms with Crippen LogP contribution in [0.2, 0.25) is 0 Å². The Balaban J connectivity index is 0. The predicted octanol–water partition coefficient (Wildman–Crippen LogP) is -0.720. The van der Waals surface area contributed by atoms with Gasteiger partial charge >= 0.3 is 0 Å². The highest BCUT2D eigenvalue weighted by molar-refractivity contribution is 7.85. The number of nitrogens with two attached hydrogens (primary N) is 1. The Kier molecular flexibility index (Phi) is 8.12. The van der Waals surface area contributed by atoms with Crippen LogP contribution in [0.5, 0.6) is 0 Å². The third-order valence-corrected chi connectivity index (χ3v) is 0.638. The van der Waals surface area contributed by atoms with Gasteiger partial charge in [0, 0.05) is 6.42 Å². The first-order valence-electron chi connectivity index (χ1n) is 3.23. The van der Waals surface area contributed by atoms with Crippen molar-refractivity contribution in [2.75, 3.05) is 6.26 Å². The second-order valence-corrected chi connectivity index (χ2v) is 3.52. The Morgan fingerprint density at radius 3 is 2.00 bits per heavy atom. The summed E-state index contributed by atoms with van der Waals surface area (Å²) in [6.07, 6.45) is 2.09. The smallest absolute Gasteiger partial charge is 0.261 e. The normalized spacial score (nSPS) is 9.67. The van der Waals surface area contributed by atoms with Gasteiger partial charge in [-0.25, -0.2) is 5.84 Å². The quantitative estimate of drug-likeness (QED) is 0.235. The van der Waals surface area contributed by atoms with E-state index in [9.17, 15) is 13.2 Å². The molecule has 0 fully saturated rings. The molecule has 0 aromatic heterocycles. The van der Waals surface area contributed by atoms with Crippen molar-refractivity contribution in [2.45, 2.75) is 19.8 Å². The number of carbonyl (C=O) groups excluding carboxylic acids is 1. The highest BCUT2D eigenvalue weighted by Crippen LogP contribution is 1.81. The average molecular weight is 198 g/mol. The average Bonchev–Trinajstić information content (AvgIpc) is 1.85. The molecule has 0 heterocycles. The molecular weight excluding hydrogens is 184 g/mol. The number of carbonyl (C=O) groups is 1. The van der Waals surface area contributed by atoms with E-state index in [1.807, 2.05) is 12.3 Å². The van der Waals surface area contributed by atoms with E-state index < -0.39 is 10.1 Å². The molecular formula is C5H14N2O4S. The van der Waals surface area contributed by atoms with Crippen LogP contribution in [-0.4, -0.2) is 25.1 Å². The number of nitrogens with one attached hydrogen (secondary N) is 1. The SMILES string of the molecule is CCCC(=O)NN.CS(=O)(=O)O. The summed E-state index contributed by atoms with van der Waals surface area (Å²) in [6, 6.07) is 0. The van der Waals surface area contributed by atoms with Gasteiger partial charge in [0.1, 0.15) is 0 Å². The molecule has 0 aromatic rings. The van der Waals surface area contributed by atoms with Gasteiger partial charge in [0.15, 0.2) is 0 Å². The number of hydrazine groups is 1. The van der Waals surface area contributed by atoms with Crippen LogP contribution >= 0.6 is 0 Å². The Hall–Kier alpha value is -0.660. The molecule has 0 rings (SSSR count). The van der Waals surface area contributed by atoms with Gasteiger partial charge in [0.05, 0.1) is 6.26 Å². The van der Waals surface area contributed by atoms with E-state index in [1.165, 1.54) is 0 Å². The Morgan fingerprint density at radius 2 is 1.92 bits per heavy atom. The molecule has 12 heavy (non-hydrogen) atoms. The number of rotatable bonds is 2. The largest absolute Gasteiger partial charge is 0.294 e. The summed E-state index contributed by atoms with van der Waals surface area (Å²) in [4.78, 5) is 10.2. The van der Waals surface area contributed by atoms with Crippen molar-refractivity contribution < 1.29 is 17.8 Å². The van der Waals surface area contributed by atoms with Crippen LogP contribution in [0.1, 0.15) is 19.8 Å². The lowest BCUT2D eigenvalue weighted by molar-refractivity contribution is -0.121. The van der Waals surface area contributed by atoms with Crippen molar-refractivity contribution in [3.8, 4) is 0 Å². The standard InChI is InChI=1S/C4H10N2O.CH4O3S/c1-2-3-4(7)6-5;1-5(2,3)4/h2-3,5H2,1H3,(H,6,7);1H3,(H,2,3,4). The monoisotopic (exact) mass is 198 g/mol. The van der Waals surface area contributed by atoms with Crippen molar-refractivity contribution >= 4 is 16.0 Å². The summed E-state index contributed by atoms with van der Waals surface area (Å²) in [5.74, 6) is 4.66. The van der Waals surface area contributed by atoms with Crippen LogP contribution in [0, 0.1) is 0 Å². The van der Waals surface area contributed by atoms with E-state index in [1.54, 1.807) is 0 Å². The maximum Gasteiger partial charge on any atom is 0.261 e. The summed E-state index contributed by atoms with van der Waals surface area (Å²) >= 11 is 0. The van der Waals surface area contributed by atoms with Gasteiger partial charge in [0.2, 0.25) is 5.91 Å². The first-order valence-corrected chi connectivity index (χ1v) is 5.08. The van der Waals surface area contributed by atoms with Crippen molar-refractivity contribution in [1.82, 2.24) is 5.43 Å². The van der Waals surface area contributed by atoms with Gasteiger partial charge in [-0.15, -0.1) is 0 Å². The molecule has 74 valence electrons.